The standard InChI is InChI=1S/C15H20FN3S/c16-11-9-10(15(17)20)4-5-12(11)18-13-6-8-19-7-2-1-3-14(13)19/h4-5,9,13-14,18H,1-3,6-8H2,(H2,17,20). The van der Waals surface area contributed by atoms with Crippen LogP contribution in [0.2, 0.25) is 0 Å². The second-order valence-corrected chi connectivity index (χ2v) is 6.14. The summed E-state index contributed by atoms with van der Waals surface area (Å²) in [7, 11) is 0. The average Bonchev–Trinajstić information content (AvgIpc) is 2.84. The van der Waals surface area contributed by atoms with Crippen LogP contribution in [0.25, 0.3) is 0 Å². The summed E-state index contributed by atoms with van der Waals surface area (Å²) < 4.78 is 14.1. The maximum absolute atomic E-state index is 14.1. The van der Waals surface area contributed by atoms with E-state index in [-0.39, 0.29) is 10.8 Å². The maximum Gasteiger partial charge on any atom is 0.146 e. The highest BCUT2D eigenvalue weighted by molar-refractivity contribution is 7.80. The molecule has 2 aliphatic heterocycles. The van der Waals surface area contributed by atoms with E-state index in [4.69, 9.17) is 18.0 Å². The first-order valence-corrected chi connectivity index (χ1v) is 7.66. The quantitative estimate of drug-likeness (QED) is 0.840. The van der Waals surface area contributed by atoms with Gasteiger partial charge in [0.15, 0.2) is 0 Å². The fourth-order valence-corrected chi connectivity index (χ4v) is 3.53. The van der Waals surface area contributed by atoms with Crippen LogP contribution >= 0.6 is 12.2 Å². The number of hydrogen-bond acceptors (Lipinski definition) is 3. The Hall–Kier alpha value is -1.20. The first-order valence-electron chi connectivity index (χ1n) is 7.25. The molecule has 108 valence electrons. The summed E-state index contributed by atoms with van der Waals surface area (Å²) in [5.74, 6) is -0.274. The molecule has 0 aliphatic carbocycles. The molecule has 3 N–H and O–H groups in total. The van der Waals surface area contributed by atoms with Gasteiger partial charge in [0.05, 0.1) is 5.69 Å². The number of halogens is 1. The van der Waals surface area contributed by atoms with Crippen LogP contribution in [0.5, 0.6) is 0 Å². The largest absolute Gasteiger partial charge is 0.389 e. The molecule has 0 spiro atoms. The minimum Gasteiger partial charge on any atom is -0.389 e. The third-order valence-electron chi connectivity index (χ3n) is 4.45. The van der Waals surface area contributed by atoms with E-state index >= 15 is 0 Å². The van der Waals surface area contributed by atoms with Crippen LogP contribution in [0.15, 0.2) is 18.2 Å². The second-order valence-electron chi connectivity index (χ2n) is 5.70. The van der Waals surface area contributed by atoms with E-state index < -0.39 is 0 Å². The van der Waals surface area contributed by atoms with Crippen LogP contribution in [-0.4, -0.2) is 35.1 Å². The number of fused-ring (bicyclic) bond motifs is 1. The number of nitrogens with one attached hydrogen (secondary N) is 1. The van der Waals surface area contributed by atoms with Crippen molar-refractivity contribution in [1.82, 2.24) is 4.90 Å². The number of rotatable bonds is 3. The van der Waals surface area contributed by atoms with Crippen LogP contribution in [0.1, 0.15) is 31.2 Å². The van der Waals surface area contributed by atoms with Gasteiger partial charge in [0.25, 0.3) is 0 Å². The van der Waals surface area contributed by atoms with Crippen LogP contribution in [-0.2, 0) is 0 Å². The molecule has 2 unspecified atom stereocenters. The van der Waals surface area contributed by atoms with Crippen LogP contribution in [0, 0.1) is 5.82 Å². The van der Waals surface area contributed by atoms with Crippen molar-refractivity contribution in [2.24, 2.45) is 5.73 Å². The van der Waals surface area contributed by atoms with E-state index in [9.17, 15) is 4.39 Å². The first kappa shape index (κ1) is 13.8. The van der Waals surface area contributed by atoms with Gasteiger partial charge in [-0.15, -0.1) is 0 Å². The molecule has 2 atom stereocenters. The summed E-state index contributed by atoms with van der Waals surface area (Å²) in [6, 6.07) is 5.84. The molecular formula is C15H20FN3S. The van der Waals surface area contributed by atoms with Crippen LogP contribution in [0.4, 0.5) is 10.1 Å². The monoisotopic (exact) mass is 293 g/mol. The molecule has 2 fully saturated rings. The Morgan fingerprint density at radius 3 is 2.90 bits per heavy atom. The molecule has 2 heterocycles. The van der Waals surface area contributed by atoms with Gasteiger partial charge in [0.2, 0.25) is 0 Å². The van der Waals surface area contributed by atoms with Crippen molar-refractivity contribution < 1.29 is 4.39 Å². The van der Waals surface area contributed by atoms with Gasteiger partial charge in [-0.05, 0) is 44.0 Å². The van der Waals surface area contributed by atoms with Gasteiger partial charge in [-0.25, -0.2) is 4.39 Å². The molecule has 1 aromatic carbocycles. The zero-order valence-corrected chi connectivity index (χ0v) is 12.3. The molecule has 0 bridgehead atoms. The van der Waals surface area contributed by atoms with Gasteiger partial charge in [-0.2, -0.15) is 0 Å². The molecule has 0 amide bonds. The molecule has 3 rings (SSSR count). The van der Waals surface area contributed by atoms with E-state index in [0.717, 1.165) is 13.0 Å². The Balaban J connectivity index is 1.73. The SMILES string of the molecule is NC(=S)c1ccc(NC2CCN3CCCCC23)c(F)c1. The Bertz CT molecular complexity index is 520. The highest BCUT2D eigenvalue weighted by Gasteiger charge is 2.35. The Labute approximate surface area is 124 Å². The van der Waals surface area contributed by atoms with Crippen molar-refractivity contribution >= 4 is 22.9 Å². The Kier molecular flexibility index (Phi) is 3.89. The van der Waals surface area contributed by atoms with Crippen molar-refractivity contribution in [2.45, 2.75) is 37.8 Å². The highest BCUT2D eigenvalue weighted by Crippen LogP contribution is 2.30. The van der Waals surface area contributed by atoms with Crippen molar-refractivity contribution in [3.63, 3.8) is 0 Å². The minimum atomic E-state index is -0.274. The lowest BCUT2D eigenvalue weighted by Crippen LogP contribution is -2.41. The van der Waals surface area contributed by atoms with Crippen LogP contribution in [0.3, 0.4) is 0 Å². The van der Waals surface area contributed by atoms with E-state index in [1.165, 1.54) is 31.9 Å². The lowest BCUT2D eigenvalue weighted by atomic mass is 9.99. The summed E-state index contributed by atoms with van der Waals surface area (Å²) in [5.41, 5.74) is 6.66. The number of nitrogens with two attached hydrogens (primary N) is 1. The summed E-state index contributed by atoms with van der Waals surface area (Å²) in [6.07, 6.45) is 4.87. The molecule has 0 aromatic heterocycles. The fraction of sp³-hybridized carbons (Fsp3) is 0.533. The van der Waals surface area contributed by atoms with Gasteiger partial charge in [-0.3, -0.25) is 4.90 Å². The number of hydrogen-bond donors (Lipinski definition) is 2. The van der Waals surface area contributed by atoms with Crippen molar-refractivity contribution in [1.29, 1.82) is 0 Å². The first-order chi connectivity index (χ1) is 9.65. The smallest absolute Gasteiger partial charge is 0.146 e. The third-order valence-corrected chi connectivity index (χ3v) is 4.69. The zero-order valence-electron chi connectivity index (χ0n) is 11.4. The summed E-state index contributed by atoms with van der Waals surface area (Å²) in [4.78, 5) is 2.76. The predicted octanol–water partition coefficient (Wildman–Crippen LogP) is 2.50. The van der Waals surface area contributed by atoms with Gasteiger partial charge < -0.3 is 11.1 Å². The molecular weight excluding hydrogens is 273 g/mol. The van der Waals surface area contributed by atoms with Crippen molar-refractivity contribution in [3.8, 4) is 0 Å². The summed E-state index contributed by atoms with van der Waals surface area (Å²) in [6.45, 7) is 2.31. The van der Waals surface area contributed by atoms with Gasteiger partial charge in [0.1, 0.15) is 10.8 Å². The topological polar surface area (TPSA) is 41.3 Å². The van der Waals surface area contributed by atoms with Crippen LogP contribution < -0.4 is 11.1 Å². The number of nitrogens with zero attached hydrogens (tertiary/aromatic N) is 1. The molecule has 2 saturated heterocycles. The van der Waals surface area contributed by atoms with Crippen molar-refractivity contribution in [3.05, 3.63) is 29.6 Å². The van der Waals surface area contributed by atoms with E-state index in [1.54, 1.807) is 12.1 Å². The summed E-state index contributed by atoms with van der Waals surface area (Å²) >= 11 is 4.87. The molecule has 0 radical (unpaired) electrons. The molecule has 5 heteroatoms. The Morgan fingerprint density at radius 2 is 2.15 bits per heavy atom. The fourth-order valence-electron chi connectivity index (χ4n) is 3.40. The van der Waals surface area contributed by atoms with E-state index in [1.807, 2.05) is 0 Å². The number of piperidine rings is 1. The molecule has 1 aromatic rings. The minimum absolute atomic E-state index is 0.231. The number of benzene rings is 1. The van der Waals surface area contributed by atoms with Gasteiger partial charge in [-0.1, -0.05) is 18.6 Å². The number of anilines is 1. The molecule has 2 aliphatic rings. The lowest BCUT2D eigenvalue weighted by molar-refractivity contribution is 0.192. The van der Waals surface area contributed by atoms with Gasteiger partial charge in [0, 0.05) is 24.2 Å². The highest BCUT2D eigenvalue weighted by atomic mass is 32.1. The molecule has 0 saturated carbocycles. The van der Waals surface area contributed by atoms with E-state index in [2.05, 4.69) is 10.2 Å². The van der Waals surface area contributed by atoms with Crippen molar-refractivity contribution in [2.75, 3.05) is 18.4 Å². The number of thiocarbonyl (C=S) groups is 1. The normalized spacial score (nSPS) is 26.2. The van der Waals surface area contributed by atoms with E-state index in [0.29, 0.717) is 23.3 Å². The predicted molar refractivity (Wildman–Crippen MR) is 83.5 cm³/mol. The third kappa shape index (κ3) is 2.65. The zero-order chi connectivity index (χ0) is 14.1. The van der Waals surface area contributed by atoms with Gasteiger partial charge >= 0.3 is 0 Å². The average molecular weight is 293 g/mol. The Morgan fingerprint density at radius 1 is 1.30 bits per heavy atom. The second kappa shape index (κ2) is 5.66. The molecule has 3 nitrogen and oxygen atoms in total. The molecule has 20 heavy (non-hydrogen) atoms. The summed E-state index contributed by atoms with van der Waals surface area (Å²) in [5, 5.41) is 3.37. The lowest BCUT2D eigenvalue weighted by Gasteiger charge is -2.33. The maximum atomic E-state index is 14.1.